The molecular weight excluding hydrogens is 427 g/mol. The molecule has 0 aliphatic carbocycles. The van der Waals surface area contributed by atoms with Gasteiger partial charge in [-0.25, -0.2) is 5.43 Å². The average molecular weight is 451 g/mol. The van der Waals surface area contributed by atoms with Crippen LogP contribution in [0.25, 0.3) is 0 Å². The van der Waals surface area contributed by atoms with Crippen molar-refractivity contribution < 1.29 is 32.2 Å². The molecule has 32 heavy (non-hydrogen) atoms. The molecule has 0 radical (unpaired) electrons. The Morgan fingerprint density at radius 3 is 2.50 bits per heavy atom. The van der Waals surface area contributed by atoms with Gasteiger partial charge in [-0.2, -0.15) is 18.3 Å². The molecule has 172 valence electrons. The van der Waals surface area contributed by atoms with Crippen LogP contribution in [-0.4, -0.2) is 31.7 Å². The highest BCUT2D eigenvalue weighted by atomic mass is 19.4. The molecule has 2 amide bonds. The molecule has 0 spiro atoms. The third kappa shape index (κ3) is 7.93. The second-order valence-corrected chi connectivity index (χ2v) is 6.68. The van der Waals surface area contributed by atoms with E-state index in [2.05, 4.69) is 15.8 Å². The van der Waals surface area contributed by atoms with Gasteiger partial charge in [-0.3, -0.25) is 9.59 Å². The first-order chi connectivity index (χ1) is 15.2. The number of nitrogens with one attached hydrogen (secondary N) is 2. The quantitative estimate of drug-likeness (QED) is 0.415. The van der Waals surface area contributed by atoms with E-state index in [0.29, 0.717) is 23.7 Å². The number of carbonyl (C=O) groups excluding carboxylic acids is 2. The lowest BCUT2D eigenvalue weighted by atomic mass is 10.2. The predicted molar refractivity (Wildman–Crippen MR) is 114 cm³/mol. The number of ether oxygens (including phenoxy) is 2. The van der Waals surface area contributed by atoms with E-state index in [-0.39, 0.29) is 18.5 Å². The minimum absolute atomic E-state index is 0.00330. The molecule has 2 aromatic carbocycles. The van der Waals surface area contributed by atoms with E-state index < -0.39 is 23.6 Å². The first-order valence-corrected chi connectivity index (χ1v) is 9.82. The molecule has 10 heteroatoms. The summed E-state index contributed by atoms with van der Waals surface area (Å²) >= 11 is 0. The van der Waals surface area contributed by atoms with E-state index >= 15 is 0 Å². The fourth-order valence-electron chi connectivity index (χ4n) is 2.55. The van der Waals surface area contributed by atoms with Crippen molar-refractivity contribution in [1.29, 1.82) is 0 Å². The Morgan fingerprint density at radius 1 is 1.06 bits per heavy atom. The molecule has 0 saturated heterocycles. The number of hydrazone groups is 1. The van der Waals surface area contributed by atoms with Crippen molar-refractivity contribution in [2.24, 2.45) is 5.10 Å². The van der Waals surface area contributed by atoms with Gasteiger partial charge in [0.1, 0.15) is 0 Å². The summed E-state index contributed by atoms with van der Waals surface area (Å²) in [6, 6.07) is 9.43. The first-order valence-electron chi connectivity index (χ1n) is 9.82. The molecule has 0 aromatic heterocycles. The number of hydrogen-bond donors (Lipinski definition) is 2. The normalized spacial score (nSPS) is 11.3. The van der Waals surface area contributed by atoms with Crippen LogP contribution < -0.4 is 20.2 Å². The molecule has 0 aliphatic heterocycles. The van der Waals surface area contributed by atoms with Crippen LogP contribution >= 0.6 is 0 Å². The number of carbonyl (C=O) groups is 2. The topological polar surface area (TPSA) is 89.0 Å². The highest BCUT2D eigenvalue weighted by molar-refractivity contribution is 5.93. The van der Waals surface area contributed by atoms with Crippen molar-refractivity contribution in [3.8, 4) is 11.5 Å². The third-order valence-electron chi connectivity index (χ3n) is 4.11. The molecule has 2 rings (SSSR count). The van der Waals surface area contributed by atoms with Crippen LogP contribution in [0.4, 0.5) is 18.9 Å². The lowest BCUT2D eigenvalue weighted by Gasteiger charge is -2.10. The molecular formula is C22H24F3N3O4. The first kappa shape index (κ1) is 24.7. The molecule has 0 fully saturated rings. The Labute approximate surface area is 183 Å². The lowest BCUT2D eigenvalue weighted by molar-refractivity contribution is -0.137. The van der Waals surface area contributed by atoms with Crippen LogP contribution in [-0.2, 0) is 15.8 Å². The number of benzene rings is 2. The summed E-state index contributed by atoms with van der Waals surface area (Å²) in [6.45, 7) is 2.55. The van der Waals surface area contributed by atoms with E-state index in [4.69, 9.17) is 9.47 Å². The zero-order chi connectivity index (χ0) is 23.6. The molecule has 0 atom stereocenters. The Hall–Kier alpha value is -3.56. The molecule has 0 unspecified atom stereocenters. The highest BCUT2D eigenvalue weighted by Gasteiger charge is 2.30. The number of anilines is 1. The Morgan fingerprint density at radius 2 is 1.81 bits per heavy atom. The lowest BCUT2D eigenvalue weighted by Crippen LogP contribution is -2.20. The number of halogens is 3. The zero-order valence-corrected chi connectivity index (χ0v) is 17.7. The van der Waals surface area contributed by atoms with E-state index in [9.17, 15) is 22.8 Å². The van der Waals surface area contributed by atoms with Crippen molar-refractivity contribution in [1.82, 2.24) is 5.43 Å². The van der Waals surface area contributed by atoms with Gasteiger partial charge in [0.05, 0.1) is 25.5 Å². The van der Waals surface area contributed by atoms with Gasteiger partial charge >= 0.3 is 6.18 Å². The largest absolute Gasteiger partial charge is 0.493 e. The number of methoxy groups -OCH3 is 1. The van der Waals surface area contributed by atoms with Gasteiger partial charge < -0.3 is 14.8 Å². The molecule has 2 N–H and O–H groups in total. The van der Waals surface area contributed by atoms with E-state index in [1.54, 1.807) is 18.2 Å². The number of rotatable bonds is 10. The van der Waals surface area contributed by atoms with Crippen LogP contribution in [0.3, 0.4) is 0 Å². The smallest absolute Gasteiger partial charge is 0.416 e. The maximum atomic E-state index is 12.7. The molecule has 7 nitrogen and oxygen atoms in total. The maximum absolute atomic E-state index is 12.7. The van der Waals surface area contributed by atoms with Gasteiger partial charge in [-0.15, -0.1) is 0 Å². The summed E-state index contributed by atoms with van der Waals surface area (Å²) in [5.41, 5.74) is 2.09. The van der Waals surface area contributed by atoms with Crippen molar-refractivity contribution >= 4 is 23.7 Å². The zero-order valence-electron chi connectivity index (χ0n) is 17.7. The number of nitrogens with zero attached hydrogens (tertiary/aromatic N) is 1. The second-order valence-electron chi connectivity index (χ2n) is 6.68. The van der Waals surface area contributed by atoms with Crippen LogP contribution in [0.1, 0.15) is 37.3 Å². The molecule has 2 aromatic rings. The minimum Gasteiger partial charge on any atom is -0.493 e. The monoisotopic (exact) mass is 451 g/mol. The average Bonchev–Trinajstić information content (AvgIpc) is 2.76. The molecule has 0 aliphatic rings. The number of hydrogen-bond acceptors (Lipinski definition) is 5. The summed E-state index contributed by atoms with van der Waals surface area (Å²) in [5.74, 6) is 0.0217. The maximum Gasteiger partial charge on any atom is 0.416 e. The molecule has 0 heterocycles. The van der Waals surface area contributed by atoms with Crippen LogP contribution in [0.2, 0.25) is 0 Å². The fourth-order valence-corrected chi connectivity index (χ4v) is 2.55. The second kappa shape index (κ2) is 11.7. The summed E-state index contributed by atoms with van der Waals surface area (Å²) in [4.78, 5) is 23.8. The van der Waals surface area contributed by atoms with Crippen molar-refractivity contribution in [3.63, 3.8) is 0 Å². The summed E-state index contributed by atoms with van der Waals surface area (Å²) < 4.78 is 49.0. The van der Waals surface area contributed by atoms with Crippen LogP contribution in [0.5, 0.6) is 11.5 Å². The van der Waals surface area contributed by atoms with Gasteiger partial charge in [0.25, 0.3) is 0 Å². The predicted octanol–water partition coefficient (Wildman–Crippen LogP) is 4.37. The summed E-state index contributed by atoms with van der Waals surface area (Å²) in [7, 11) is 1.52. The Bertz CT molecular complexity index is 962. The summed E-state index contributed by atoms with van der Waals surface area (Å²) in [6.07, 6.45) is -2.64. The van der Waals surface area contributed by atoms with Crippen LogP contribution in [0, 0.1) is 0 Å². The highest BCUT2D eigenvalue weighted by Crippen LogP contribution is 2.30. The van der Waals surface area contributed by atoms with Gasteiger partial charge in [-0.1, -0.05) is 13.0 Å². The van der Waals surface area contributed by atoms with Crippen molar-refractivity contribution in [2.75, 3.05) is 19.0 Å². The van der Waals surface area contributed by atoms with E-state index in [0.717, 1.165) is 18.6 Å². The summed E-state index contributed by atoms with van der Waals surface area (Å²) in [5, 5.41) is 6.17. The van der Waals surface area contributed by atoms with Gasteiger partial charge in [0, 0.05) is 18.5 Å². The number of alkyl halides is 3. The Balaban J connectivity index is 1.82. The van der Waals surface area contributed by atoms with Gasteiger partial charge in [0.15, 0.2) is 11.5 Å². The standard InChI is InChI=1S/C22H24F3N3O4/c1-3-11-32-18-8-7-15(12-19(18)31-2)14-26-28-21(30)10-9-20(29)27-17-6-4-5-16(13-17)22(23,24)25/h4-8,12-14H,3,9-11H2,1-2H3,(H,27,29)(H,28,30). The van der Waals surface area contributed by atoms with Crippen LogP contribution in [0.15, 0.2) is 47.6 Å². The van der Waals surface area contributed by atoms with Gasteiger partial charge in [-0.05, 0) is 48.4 Å². The van der Waals surface area contributed by atoms with Crippen molar-refractivity contribution in [2.45, 2.75) is 32.4 Å². The third-order valence-corrected chi connectivity index (χ3v) is 4.11. The SMILES string of the molecule is CCCOc1ccc(C=NNC(=O)CCC(=O)Nc2cccc(C(F)(F)F)c2)cc1OC. The molecule has 0 bridgehead atoms. The van der Waals surface area contributed by atoms with E-state index in [1.807, 2.05) is 6.92 Å². The number of amides is 2. The van der Waals surface area contributed by atoms with Crippen molar-refractivity contribution in [3.05, 3.63) is 53.6 Å². The van der Waals surface area contributed by atoms with E-state index in [1.165, 1.54) is 25.5 Å². The fraction of sp³-hybridized carbons (Fsp3) is 0.318. The minimum atomic E-state index is -4.51. The Kier molecular flexibility index (Phi) is 9.06. The van der Waals surface area contributed by atoms with Gasteiger partial charge in [0.2, 0.25) is 11.8 Å². The molecule has 0 saturated carbocycles.